The molecule has 0 aliphatic carbocycles. The Labute approximate surface area is 389 Å². The van der Waals surface area contributed by atoms with Crippen LogP contribution in [0.5, 0.6) is 5.75 Å². The summed E-state index contributed by atoms with van der Waals surface area (Å²) in [7, 11) is 3.72. The van der Waals surface area contributed by atoms with Crippen LogP contribution in [0.3, 0.4) is 0 Å². The van der Waals surface area contributed by atoms with E-state index in [9.17, 15) is 27.6 Å². The van der Waals surface area contributed by atoms with E-state index in [4.69, 9.17) is 35.1 Å². The first-order valence-corrected chi connectivity index (χ1v) is 22.1. The van der Waals surface area contributed by atoms with Crippen molar-refractivity contribution >= 4 is 45.8 Å². The Morgan fingerprint density at radius 2 is 1.29 bits per heavy atom. The van der Waals surface area contributed by atoms with Gasteiger partial charge < -0.3 is 38.6 Å². The largest absolute Gasteiger partial charge is 0.491 e. The minimum Gasteiger partial charge on any atom is -0.491 e. The van der Waals surface area contributed by atoms with Crippen LogP contribution < -0.4 is 21.7 Å². The third kappa shape index (κ3) is 11.2. The summed E-state index contributed by atoms with van der Waals surface area (Å²) >= 11 is 0. The molecule has 1 fully saturated rings. The molecule has 1 aliphatic heterocycles. The zero-order valence-electron chi connectivity index (χ0n) is 39.4. The molecule has 6 aromatic rings. The quantitative estimate of drug-likeness (QED) is 0.114. The van der Waals surface area contributed by atoms with E-state index < -0.39 is 24.0 Å². The summed E-state index contributed by atoms with van der Waals surface area (Å²) in [5.41, 5.74) is 14.4. The number of amides is 3. The molecule has 1 saturated heterocycles. The number of benzene rings is 2. The van der Waals surface area contributed by atoms with E-state index in [0.29, 0.717) is 91.1 Å². The molecule has 0 atom stereocenters. The number of hydrogen-bond acceptors (Lipinski definition) is 9. The van der Waals surface area contributed by atoms with Gasteiger partial charge in [-0.1, -0.05) is 23.3 Å². The SMILES string of the molecule is CCn1nc(C)cc1C(=O)N=c1n(C)c2ccccc2n1C/C(C)=C(\C)Cn1c(=NC(=O)c2cc(C)nn2CC)n(C)c2cc(C(N)=O)cc(OCCCN3CCOCC3)c21.O=C(O)C(F)(F)F. The maximum atomic E-state index is 14.0. The molecule has 19 nitrogen and oxygen atoms in total. The highest BCUT2D eigenvalue weighted by molar-refractivity contribution is 5.99. The monoisotopic (exact) mass is 946 g/mol. The Morgan fingerprint density at radius 3 is 1.81 bits per heavy atom. The predicted octanol–water partition coefficient (Wildman–Crippen LogP) is 4.67. The molecule has 68 heavy (non-hydrogen) atoms. The zero-order chi connectivity index (χ0) is 49.6. The number of carbonyl (C=O) groups is 4. The van der Waals surface area contributed by atoms with Crippen LogP contribution in [0.15, 0.2) is 69.7 Å². The van der Waals surface area contributed by atoms with Gasteiger partial charge in [0.15, 0.2) is 0 Å². The van der Waals surface area contributed by atoms with Gasteiger partial charge in [-0.25, -0.2) is 4.79 Å². The molecule has 0 radical (unpaired) electrons. The van der Waals surface area contributed by atoms with Crippen LogP contribution in [0.1, 0.15) is 76.8 Å². The van der Waals surface area contributed by atoms with E-state index in [1.54, 1.807) is 38.2 Å². The minimum absolute atomic E-state index is 0.278. The average Bonchev–Trinajstić information content (AvgIpc) is 4.03. The summed E-state index contributed by atoms with van der Waals surface area (Å²) < 4.78 is 54.8. The molecule has 3 N–H and O–H groups in total. The number of carboxylic acids is 1. The summed E-state index contributed by atoms with van der Waals surface area (Å²) in [6.45, 7) is 17.8. The van der Waals surface area contributed by atoms with E-state index in [0.717, 1.165) is 53.9 Å². The average molecular weight is 947 g/mol. The summed E-state index contributed by atoms with van der Waals surface area (Å²) in [6, 6.07) is 14.8. The van der Waals surface area contributed by atoms with Crippen molar-refractivity contribution in [1.82, 2.24) is 42.7 Å². The number of carboxylic acid groups (broad SMARTS) is 1. The third-order valence-corrected chi connectivity index (χ3v) is 11.6. The van der Waals surface area contributed by atoms with Crippen molar-refractivity contribution in [2.75, 3.05) is 39.5 Å². The number of carbonyl (C=O) groups excluding carboxylic acids is 3. The highest BCUT2D eigenvalue weighted by Crippen LogP contribution is 2.29. The molecule has 4 aromatic heterocycles. The number of hydrogen-bond donors (Lipinski definition) is 2. The van der Waals surface area contributed by atoms with Gasteiger partial charge in [0.1, 0.15) is 22.7 Å². The lowest BCUT2D eigenvalue weighted by atomic mass is 10.1. The fraction of sp³-hybridized carbons (Fsp3) is 0.435. The molecule has 0 saturated carbocycles. The second kappa shape index (κ2) is 21.3. The lowest BCUT2D eigenvalue weighted by Crippen LogP contribution is -2.37. The van der Waals surface area contributed by atoms with Crippen LogP contribution in [0.2, 0.25) is 0 Å². The van der Waals surface area contributed by atoms with Gasteiger partial charge in [-0.3, -0.25) is 28.6 Å². The number of para-hydroxylation sites is 2. The number of fused-ring (bicyclic) bond motifs is 2. The molecular formula is C46H57F3N12O7. The first kappa shape index (κ1) is 50.3. The Morgan fingerprint density at radius 1 is 0.794 bits per heavy atom. The second-order valence-electron chi connectivity index (χ2n) is 16.4. The van der Waals surface area contributed by atoms with Crippen molar-refractivity contribution in [2.24, 2.45) is 29.8 Å². The number of alkyl halides is 3. The lowest BCUT2D eigenvalue weighted by Gasteiger charge is -2.26. The van der Waals surface area contributed by atoms with Gasteiger partial charge in [0.05, 0.1) is 47.8 Å². The number of aromatic nitrogens is 8. The number of ether oxygens (including phenoxy) is 2. The highest BCUT2D eigenvalue weighted by atomic mass is 19.4. The van der Waals surface area contributed by atoms with E-state index in [2.05, 4.69) is 22.0 Å². The smallest absolute Gasteiger partial charge is 0.490 e. The van der Waals surface area contributed by atoms with Crippen molar-refractivity contribution in [3.63, 3.8) is 0 Å². The van der Waals surface area contributed by atoms with Crippen LogP contribution in [0, 0.1) is 13.8 Å². The van der Waals surface area contributed by atoms with E-state index in [1.165, 1.54) is 0 Å². The molecule has 22 heteroatoms. The van der Waals surface area contributed by atoms with Gasteiger partial charge in [-0.2, -0.15) is 33.4 Å². The number of morpholine rings is 1. The molecule has 5 heterocycles. The summed E-state index contributed by atoms with van der Waals surface area (Å²) in [5.74, 6) is -3.73. The minimum atomic E-state index is -5.08. The zero-order valence-corrected chi connectivity index (χ0v) is 39.4. The number of imidazole rings is 2. The van der Waals surface area contributed by atoms with Crippen molar-refractivity contribution in [3.8, 4) is 5.75 Å². The lowest BCUT2D eigenvalue weighted by molar-refractivity contribution is -0.192. The number of allylic oxidation sites excluding steroid dienone is 2. The molecule has 364 valence electrons. The predicted molar refractivity (Wildman–Crippen MR) is 245 cm³/mol. The van der Waals surface area contributed by atoms with E-state index in [1.807, 2.05) is 86.7 Å². The summed E-state index contributed by atoms with van der Waals surface area (Å²) in [4.78, 5) is 61.2. The van der Waals surface area contributed by atoms with Crippen molar-refractivity contribution in [3.05, 3.63) is 99.3 Å². The first-order valence-electron chi connectivity index (χ1n) is 22.1. The Kier molecular flexibility index (Phi) is 15.7. The van der Waals surface area contributed by atoms with Gasteiger partial charge in [-0.15, -0.1) is 0 Å². The van der Waals surface area contributed by atoms with Crippen LogP contribution in [-0.2, 0) is 49.8 Å². The van der Waals surface area contributed by atoms with Crippen LogP contribution in [0.4, 0.5) is 13.2 Å². The van der Waals surface area contributed by atoms with Gasteiger partial charge in [-0.05, 0) is 84.4 Å². The molecule has 2 aromatic carbocycles. The number of nitrogens with two attached hydrogens (primary N) is 1. The van der Waals surface area contributed by atoms with Crippen LogP contribution in [0.25, 0.3) is 22.1 Å². The number of aryl methyl sites for hydroxylation is 6. The molecular weight excluding hydrogens is 890 g/mol. The topological polar surface area (TPSA) is 216 Å². The number of rotatable bonds is 14. The molecule has 0 bridgehead atoms. The number of aliphatic carboxylic acids is 1. The molecule has 3 amide bonds. The van der Waals surface area contributed by atoms with Gasteiger partial charge in [0.2, 0.25) is 17.1 Å². The van der Waals surface area contributed by atoms with Gasteiger partial charge in [0.25, 0.3) is 11.8 Å². The summed E-state index contributed by atoms with van der Waals surface area (Å²) in [5, 5.41) is 16.1. The fourth-order valence-corrected chi connectivity index (χ4v) is 7.96. The molecule has 0 unspecified atom stereocenters. The Hall–Kier alpha value is -7.07. The highest BCUT2D eigenvalue weighted by Gasteiger charge is 2.38. The summed E-state index contributed by atoms with van der Waals surface area (Å²) in [6.07, 6.45) is -4.33. The molecule has 1 aliphatic rings. The maximum Gasteiger partial charge on any atom is 0.490 e. The number of halogens is 3. The molecule has 7 rings (SSSR count). The van der Waals surface area contributed by atoms with E-state index >= 15 is 0 Å². The second-order valence-corrected chi connectivity index (χ2v) is 16.4. The number of nitrogens with zero attached hydrogens (tertiary/aromatic N) is 11. The van der Waals surface area contributed by atoms with Crippen LogP contribution in [-0.4, -0.2) is 117 Å². The van der Waals surface area contributed by atoms with Gasteiger partial charge >= 0.3 is 12.1 Å². The van der Waals surface area contributed by atoms with E-state index in [-0.39, 0.29) is 11.5 Å². The first-order chi connectivity index (χ1) is 32.2. The van der Waals surface area contributed by atoms with Crippen molar-refractivity contribution < 1.29 is 46.9 Å². The molecule has 0 spiro atoms. The number of primary amides is 1. The Bertz CT molecular complexity index is 3050. The van der Waals surface area contributed by atoms with Crippen LogP contribution >= 0.6 is 0 Å². The van der Waals surface area contributed by atoms with Crippen molar-refractivity contribution in [2.45, 2.75) is 80.3 Å². The van der Waals surface area contributed by atoms with Crippen molar-refractivity contribution in [1.29, 1.82) is 0 Å². The maximum absolute atomic E-state index is 14.0. The Balaban J connectivity index is 0.00000101. The fourth-order valence-electron chi connectivity index (χ4n) is 7.96. The third-order valence-electron chi connectivity index (χ3n) is 11.6. The normalized spacial score (nSPS) is 14.3. The standard InChI is InChI=1S/C44H56N12O5.C2HF3O2/c1-9-55-36(22-30(5)48-55)41(58)46-43-50(7)33-14-11-12-15-34(33)53(43)26-28(3)29(4)27-54-39-35(51(8)44(54)47-42(59)37-23-31(6)49-56(37)10-2)24-32(40(45)57)25-38(39)61-19-13-16-52-17-20-60-21-18-52;3-2(4,5)1(6)7/h11-12,14-15,22-25H,9-10,13,16-21,26-27H2,1-8H3,(H2,45,57);(H,6,7)/b29-28+,46-43?,47-44?;. The van der Waals surface area contributed by atoms with Gasteiger partial charge in [0, 0.05) is 65.5 Å².